The number of hydrogen-bond acceptors (Lipinski definition) is 1. The lowest BCUT2D eigenvalue weighted by molar-refractivity contribution is 0.478. The fourth-order valence-corrected chi connectivity index (χ4v) is 3.19. The lowest BCUT2D eigenvalue weighted by Crippen LogP contribution is -2.27. The van der Waals surface area contributed by atoms with Gasteiger partial charge in [-0.05, 0) is 29.7 Å². The van der Waals surface area contributed by atoms with Gasteiger partial charge in [0.2, 0.25) is 0 Å². The normalized spacial score (nSPS) is 10.9. The van der Waals surface area contributed by atoms with E-state index < -0.39 is 8.80 Å². The van der Waals surface area contributed by atoms with E-state index in [1.165, 1.54) is 23.6 Å². The van der Waals surface area contributed by atoms with Gasteiger partial charge in [0.15, 0.2) is 0 Å². The monoisotopic (exact) mass is 207 g/mol. The van der Waals surface area contributed by atoms with Gasteiger partial charge < -0.3 is 5.11 Å². The molecule has 1 radical (unpaired) electrons. The molecule has 1 rings (SSSR count). The topological polar surface area (TPSA) is 20.2 Å². The number of hydrogen-bond donors (Lipinski definition) is 1. The SMILES string of the molecule is CCCCc1cccc(O)c1[Si](C)C. The Morgan fingerprint density at radius 2 is 2.00 bits per heavy atom. The molecule has 0 saturated carbocycles. The first-order valence-corrected chi connectivity index (χ1v) is 7.78. The molecule has 1 aromatic rings. The lowest BCUT2D eigenvalue weighted by atomic mass is 10.1. The third-order valence-electron chi connectivity index (χ3n) is 2.43. The van der Waals surface area contributed by atoms with Crippen LogP contribution in [0.15, 0.2) is 18.2 Å². The fourth-order valence-electron chi connectivity index (χ4n) is 1.74. The predicted molar refractivity (Wildman–Crippen MR) is 63.8 cm³/mol. The van der Waals surface area contributed by atoms with Crippen molar-refractivity contribution in [2.24, 2.45) is 0 Å². The molecule has 0 saturated heterocycles. The van der Waals surface area contributed by atoms with Gasteiger partial charge in [-0.3, -0.25) is 0 Å². The van der Waals surface area contributed by atoms with Crippen LogP contribution in [0.4, 0.5) is 0 Å². The van der Waals surface area contributed by atoms with Gasteiger partial charge in [0.1, 0.15) is 5.75 Å². The molecule has 0 aliphatic heterocycles. The lowest BCUT2D eigenvalue weighted by Gasteiger charge is -2.13. The third-order valence-corrected chi connectivity index (χ3v) is 4.01. The standard InChI is InChI=1S/C12H19OSi/c1-4-5-7-10-8-6-9-11(13)12(10)14(2)3/h6,8-9,13H,4-5,7H2,1-3H3. The Morgan fingerprint density at radius 3 is 2.57 bits per heavy atom. The summed E-state index contributed by atoms with van der Waals surface area (Å²) in [5.41, 5.74) is 1.35. The van der Waals surface area contributed by atoms with Gasteiger partial charge >= 0.3 is 0 Å². The highest BCUT2D eigenvalue weighted by molar-refractivity contribution is 6.72. The predicted octanol–water partition coefficient (Wildman–Crippen LogP) is 2.70. The molecule has 0 atom stereocenters. The largest absolute Gasteiger partial charge is 0.508 e. The number of aromatic hydroxyl groups is 1. The molecule has 0 aliphatic rings. The Labute approximate surface area is 88.4 Å². The first-order valence-electron chi connectivity index (χ1n) is 5.28. The van der Waals surface area contributed by atoms with E-state index in [0.29, 0.717) is 5.75 Å². The van der Waals surface area contributed by atoms with Crippen molar-refractivity contribution in [1.82, 2.24) is 0 Å². The van der Waals surface area contributed by atoms with Crippen molar-refractivity contribution in [2.75, 3.05) is 0 Å². The Kier molecular flexibility index (Phi) is 4.20. The zero-order valence-corrected chi connectivity index (χ0v) is 10.3. The molecule has 14 heavy (non-hydrogen) atoms. The summed E-state index contributed by atoms with van der Waals surface area (Å²) in [5, 5.41) is 11.0. The minimum atomic E-state index is -0.552. The van der Waals surface area contributed by atoms with Crippen molar-refractivity contribution in [3.05, 3.63) is 23.8 Å². The van der Waals surface area contributed by atoms with E-state index in [-0.39, 0.29) is 0 Å². The van der Waals surface area contributed by atoms with Gasteiger partial charge in [-0.15, -0.1) is 0 Å². The maximum absolute atomic E-state index is 9.79. The Balaban J connectivity index is 2.96. The van der Waals surface area contributed by atoms with Gasteiger partial charge in [-0.25, -0.2) is 0 Å². The molecule has 1 nitrogen and oxygen atoms in total. The molecule has 0 bridgehead atoms. The van der Waals surface area contributed by atoms with Crippen LogP contribution in [-0.2, 0) is 6.42 Å². The van der Waals surface area contributed by atoms with Crippen LogP contribution < -0.4 is 5.19 Å². The molecule has 77 valence electrons. The number of phenolic OH excluding ortho intramolecular Hbond substituents is 1. The summed E-state index contributed by atoms with van der Waals surface area (Å²) in [7, 11) is -0.552. The maximum Gasteiger partial charge on any atom is 0.114 e. The van der Waals surface area contributed by atoms with E-state index in [1.54, 1.807) is 0 Å². The highest BCUT2D eigenvalue weighted by Crippen LogP contribution is 2.12. The molecular formula is C12H19OSi. The van der Waals surface area contributed by atoms with Crippen LogP contribution in [0.1, 0.15) is 25.3 Å². The summed E-state index contributed by atoms with van der Waals surface area (Å²) in [6.07, 6.45) is 3.53. The Hall–Kier alpha value is -0.763. The maximum atomic E-state index is 9.79. The molecule has 0 aromatic heterocycles. The summed E-state index contributed by atoms with van der Waals surface area (Å²) < 4.78 is 0. The van der Waals surface area contributed by atoms with Crippen molar-refractivity contribution < 1.29 is 5.11 Å². The van der Waals surface area contributed by atoms with Crippen LogP contribution >= 0.6 is 0 Å². The first kappa shape index (κ1) is 11.3. The quantitative estimate of drug-likeness (QED) is 0.753. The first-order chi connectivity index (χ1) is 6.66. The highest BCUT2D eigenvalue weighted by atomic mass is 28.3. The highest BCUT2D eigenvalue weighted by Gasteiger charge is 2.11. The van der Waals surface area contributed by atoms with Gasteiger partial charge in [-0.2, -0.15) is 0 Å². The van der Waals surface area contributed by atoms with E-state index in [0.717, 1.165) is 6.42 Å². The summed E-state index contributed by atoms with van der Waals surface area (Å²) in [6.45, 7) is 6.66. The smallest absolute Gasteiger partial charge is 0.114 e. The van der Waals surface area contributed by atoms with E-state index in [1.807, 2.05) is 12.1 Å². The van der Waals surface area contributed by atoms with Crippen LogP contribution in [0.5, 0.6) is 5.75 Å². The summed E-state index contributed by atoms with van der Waals surface area (Å²) in [6, 6.07) is 5.92. The second-order valence-electron chi connectivity index (χ2n) is 3.91. The molecule has 0 amide bonds. The van der Waals surface area contributed by atoms with Gasteiger partial charge in [0, 0.05) is 0 Å². The fraction of sp³-hybridized carbons (Fsp3) is 0.500. The van der Waals surface area contributed by atoms with Crippen molar-refractivity contribution in [2.45, 2.75) is 39.3 Å². The molecule has 1 aromatic carbocycles. The second kappa shape index (κ2) is 5.20. The minimum Gasteiger partial charge on any atom is -0.508 e. The summed E-state index contributed by atoms with van der Waals surface area (Å²) in [4.78, 5) is 0. The van der Waals surface area contributed by atoms with E-state index in [4.69, 9.17) is 0 Å². The van der Waals surface area contributed by atoms with Crippen LogP contribution in [-0.4, -0.2) is 13.9 Å². The number of phenols is 1. The average molecular weight is 207 g/mol. The molecular weight excluding hydrogens is 188 g/mol. The van der Waals surface area contributed by atoms with Crippen LogP contribution in [0, 0.1) is 0 Å². The van der Waals surface area contributed by atoms with Crippen LogP contribution in [0.25, 0.3) is 0 Å². The van der Waals surface area contributed by atoms with Crippen molar-refractivity contribution in [3.63, 3.8) is 0 Å². The summed E-state index contributed by atoms with van der Waals surface area (Å²) in [5.74, 6) is 0.498. The van der Waals surface area contributed by atoms with Gasteiger partial charge in [-0.1, -0.05) is 38.6 Å². The van der Waals surface area contributed by atoms with Gasteiger partial charge in [0.05, 0.1) is 8.80 Å². The van der Waals surface area contributed by atoms with E-state index in [2.05, 4.69) is 26.1 Å². The zero-order valence-electron chi connectivity index (χ0n) is 9.30. The van der Waals surface area contributed by atoms with Crippen molar-refractivity contribution in [1.29, 1.82) is 0 Å². The number of aryl methyl sites for hydroxylation is 1. The molecule has 0 aliphatic carbocycles. The van der Waals surface area contributed by atoms with Crippen molar-refractivity contribution >= 4 is 14.0 Å². The molecule has 0 heterocycles. The van der Waals surface area contributed by atoms with Gasteiger partial charge in [0.25, 0.3) is 0 Å². The van der Waals surface area contributed by atoms with E-state index in [9.17, 15) is 5.11 Å². The molecule has 0 fully saturated rings. The third kappa shape index (κ3) is 2.61. The summed E-state index contributed by atoms with van der Waals surface area (Å²) >= 11 is 0. The molecule has 0 unspecified atom stereocenters. The Bertz CT molecular complexity index is 294. The number of unbranched alkanes of at least 4 members (excludes halogenated alkanes) is 1. The molecule has 0 spiro atoms. The number of benzene rings is 1. The zero-order chi connectivity index (χ0) is 10.6. The molecule has 2 heteroatoms. The second-order valence-corrected chi connectivity index (χ2v) is 6.41. The van der Waals surface area contributed by atoms with E-state index >= 15 is 0 Å². The minimum absolute atomic E-state index is 0.498. The number of rotatable bonds is 4. The van der Waals surface area contributed by atoms with Crippen molar-refractivity contribution in [3.8, 4) is 5.75 Å². The Morgan fingerprint density at radius 1 is 1.29 bits per heavy atom. The molecule has 1 N–H and O–H groups in total. The average Bonchev–Trinajstić information content (AvgIpc) is 2.14. The van der Waals surface area contributed by atoms with Crippen LogP contribution in [0.3, 0.4) is 0 Å². The van der Waals surface area contributed by atoms with Crippen LogP contribution in [0.2, 0.25) is 13.1 Å².